The molecular formula is C24H28FN5O2S. The second kappa shape index (κ2) is 7.92. The van der Waals surface area contributed by atoms with Crippen molar-refractivity contribution >= 4 is 21.5 Å². The molecule has 3 heterocycles. The van der Waals surface area contributed by atoms with Gasteiger partial charge in [0.25, 0.3) is 0 Å². The molecule has 2 aromatic heterocycles. The summed E-state index contributed by atoms with van der Waals surface area (Å²) < 4.78 is 41.0. The molecule has 5 rings (SSSR count). The van der Waals surface area contributed by atoms with E-state index in [4.69, 9.17) is 0 Å². The zero-order valence-corrected chi connectivity index (χ0v) is 19.8. The van der Waals surface area contributed by atoms with Gasteiger partial charge in [-0.1, -0.05) is 20.8 Å². The van der Waals surface area contributed by atoms with Gasteiger partial charge in [0.15, 0.2) is 11.6 Å². The highest BCUT2D eigenvalue weighted by atomic mass is 32.2. The minimum absolute atomic E-state index is 0.00371. The van der Waals surface area contributed by atoms with Crippen LogP contribution < -0.4 is 10.0 Å². The number of aromatic nitrogens is 3. The maximum Gasteiger partial charge on any atom is 0.241 e. The summed E-state index contributed by atoms with van der Waals surface area (Å²) in [6.45, 7) is 6.49. The van der Waals surface area contributed by atoms with Gasteiger partial charge in [-0.2, -0.15) is 5.10 Å². The average molecular weight is 470 g/mol. The molecule has 9 heteroatoms. The van der Waals surface area contributed by atoms with E-state index in [0.29, 0.717) is 17.7 Å². The highest BCUT2D eigenvalue weighted by molar-refractivity contribution is 7.89. The first-order valence-electron chi connectivity index (χ1n) is 11.2. The van der Waals surface area contributed by atoms with E-state index in [1.807, 2.05) is 12.3 Å². The van der Waals surface area contributed by atoms with Gasteiger partial charge in [0.05, 0.1) is 10.6 Å². The maximum atomic E-state index is 14.9. The number of anilines is 2. The molecule has 2 aliphatic rings. The van der Waals surface area contributed by atoms with Crippen molar-refractivity contribution in [2.24, 2.45) is 0 Å². The summed E-state index contributed by atoms with van der Waals surface area (Å²) in [6.07, 6.45) is 5.08. The molecule has 2 atom stereocenters. The molecule has 3 N–H and O–H groups in total. The fraction of sp³-hybridized carbons (Fsp3) is 0.417. The second-order valence-electron chi connectivity index (χ2n) is 9.99. The molecule has 1 aliphatic heterocycles. The van der Waals surface area contributed by atoms with E-state index in [2.05, 4.69) is 58.1 Å². The third kappa shape index (κ3) is 4.15. The molecule has 1 saturated carbocycles. The minimum atomic E-state index is -3.61. The maximum absolute atomic E-state index is 14.9. The van der Waals surface area contributed by atoms with Gasteiger partial charge in [0.1, 0.15) is 0 Å². The lowest BCUT2D eigenvalue weighted by atomic mass is 9.88. The molecule has 1 aromatic carbocycles. The number of hydrogen-bond acceptors (Lipinski definition) is 5. The number of pyridine rings is 1. The van der Waals surface area contributed by atoms with Crippen LogP contribution in [0.15, 0.2) is 41.4 Å². The molecule has 0 spiro atoms. The summed E-state index contributed by atoms with van der Waals surface area (Å²) >= 11 is 0. The lowest BCUT2D eigenvalue weighted by Gasteiger charge is -2.20. The first-order chi connectivity index (χ1) is 15.6. The fourth-order valence-corrected chi connectivity index (χ4v) is 6.01. The van der Waals surface area contributed by atoms with E-state index >= 15 is 0 Å². The summed E-state index contributed by atoms with van der Waals surface area (Å²) in [5.74, 6) is 0.768. The number of H-pyrrole nitrogens is 1. The van der Waals surface area contributed by atoms with Crippen LogP contribution in [0.3, 0.4) is 0 Å². The number of sulfonamides is 1. The lowest BCUT2D eigenvalue weighted by molar-refractivity contribution is 0.565. The number of hydrogen-bond donors (Lipinski definition) is 3. The number of halogens is 1. The van der Waals surface area contributed by atoms with Gasteiger partial charge in [-0.25, -0.2) is 17.5 Å². The standard InChI is InChI=1S/C24H28FN5O2S/c1-24(2,3)21-11-15(8-9-26-21)14-4-5-16(10-14)19-12-22(30-29-19)28-18-6-7-20-17(23(18)25)13-27-33(20,31)32/h6-9,11-12,14,16,27H,4-5,10,13H2,1-3H3,(H2,28,29,30). The van der Waals surface area contributed by atoms with Crippen molar-refractivity contribution in [1.82, 2.24) is 19.9 Å². The Kier molecular flexibility index (Phi) is 5.29. The third-order valence-corrected chi connectivity index (χ3v) is 8.17. The van der Waals surface area contributed by atoms with Crippen LogP contribution in [0, 0.1) is 5.82 Å². The Morgan fingerprint density at radius 1 is 1.12 bits per heavy atom. The Morgan fingerprint density at radius 3 is 2.70 bits per heavy atom. The quantitative estimate of drug-likeness (QED) is 0.508. The topological polar surface area (TPSA) is 99.8 Å². The monoisotopic (exact) mass is 469 g/mol. The van der Waals surface area contributed by atoms with Gasteiger partial charge in [-0.05, 0) is 55.0 Å². The smallest absolute Gasteiger partial charge is 0.241 e. The number of nitrogens with zero attached hydrogens (tertiary/aromatic N) is 2. The van der Waals surface area contributed by atoms with Crippen LogP contribution in [0.5, 0.6) is 0 Å². The van der Waals surface area contributed by atoms with Gasteiger partial charge in [0, 0.05) is 47.1 Å². The summed E-state index contributed by atoms with van der Waals surface area (Å²) in [5, 5.41) is 10.4. The van der Waals surface area contributed by atoms with Gasteiger partial charge in [-0.15, -0.1) is 0 Å². The molecule has 0 radical (unpaired) electrons. The van der Waals surface area contributed by atoms with E-state index < -0.39 is 15.8 Å². The largest absolute Gasteiger partial charge is 0.336 e. The highest BCUT2D eigenvalue weighted by Crippen LogP contribution is 2.44. The molecule has 1 aliphatic carbocycles. The Bertz CT molecular complexity index is 1310. The Morgan fingerprint density at radius 2 is 1.91 bits per heavy atom. The van der Waals surface area contributed by atoms with Gasteiger partial charge >= 0.3 is 0 Å². The Balaban J connectivity index is 1.30. The SMILES string of the molecule is CC(C)(C)c1cc(C2CCC(c3cc(Nc4ccc5c(c4F)CNS5(=O)=O)n[nH]3)C2)ccn1. The van der Waals surface area contributed by atoms with Crippen LogP contribution >= 0.6 is 0 Å². The lowest BCUT2D eigenvalue weighted by Crippen LogP contribution is -2.14. The Hall–Kier alpha value is -2.78. The molecule has 0 saturated heterocycles. The van der Waals surface area contributed by atoms with Gasteiger partial charge in [0.2, 0.25) is 10.0 Å². The zero-order chi connectivity index (χ0) is 23.4. The van der Waals surface area contributed by atoms with E-state index in [0.717, 1.165) is 30.7 Å². The predicted octanol–water partition coefficient (Wildman–Crippen LogP) is 4.83. The van der Waals surface area contributed by atoms with Crippen molar-refractivity contribution in [3.63, 3.8) is 0 Å². The predicted molar refractivity (Wildman–Crippen MR) is 125 cm³/mol. The number of fused-ring (bicyclic) bond motifs is 1. The van der Waals surface area contributed by atoms with E-state index in [-0.39, 0.29) is 28.1 Å². The number of rotatable bonds is 4. The van der Waals surface area contributed by atoms with Crippen molar-refractivity contribution in [2.45, 2.75) is 68.7 Å². The van der Waals surface area contributed by atoms with E-state index in [1.165, 1.54) is 17.7 Å². The highest BCUT2D eigenvalue weighted by Gasteiger charge is 2.31. The van der Waals surface area contributed by atoms with Crippen LogP contribution in [-0.2, 0) is 22.0 Å². The molecule has 7 nitrogen and oxygen atoms in total. The van der Waals surface area contributed by atoms with Crippen LogP contribution in [-0.4, -0.2) is 23.6 Å². The van der Waals surface area contributed by atoms with Crippen LogP contribution in [0.2, 0.25) is 0 Å². The molecule has 33 heavy (non-hydrogen) atoms. The molecule has 0 bridgehead atoms. The summed E-state index contributed by atoms with van der Waals surface area (Å²) in [4.78, 5) is 4.54. The summed E-state index contributed by atoms with van der Waals surface area (Å²) in [5.41, 5.74) is 3.85. The van der Waals surface area contributed by atoms with Crippen molar-refractivity contribution in [3.8, 4) is 0 Å². The second-order valence-corrected chi connectivity index (χ2v) is 11.7. The van der Waals surface area contributed by atoms with Crippen molar-refractivity contribution in [2.75, 3.05) is 5.32 Å². The summed E-state index contributed by atoms with van der Waals surface area (Å²) in [6, 6.07) is 9.13. The first-order valence-corrected chi connectivity index (χ1v) is 12.7. The molecular weight excluding hydrogens is 441 g/mol. The first kappa shape index (κ1) is 22.0. The summed E-state index contributed by atoms with van der Waals surface area (Å²) in [7, 11) is -3.61. The molecule has 1 fully saturated rings. The molecule has 3 aromatic rings. The number of aromatic amines is 1. The molecule has 2 unspecified atom stereocenters. The van der Waals surface area contributed by atoms with Crippen LogP contribution in [0.4, 0.5) is 15.9 Å². The van der Waals surface area contributed by atoms with Crippen molar-refractivity contribution < 1.29 is 12.8 Å². The third-order valence-electron chi connectivity index (χ3n) is 6.69. The zero-order valence-electron chi connectivity index (χ0n) is 18.9. The van der Waals surface area contributed by atoms with Gasteiger partial charge in [-0.3, -0.25) is 10.1 Å². The number of benzene rings is 1. The average Bonchev–Trinajstić information content (AvgIpc) is 3.49. The minimum Gasteiger partial charge on any atom is -0.336 e. The fourth-order valence-electron chi connectivity index (χ4n) is 4.79. The molecule has 174 valence electrons. The van der Waals surface area contributed by atoms with Crippen molar-refractivity contribution in [1.29, 1.82) is 0 Å². The van der Waals surface area contributed by atoms with Gasteiger partial charge < -0.3 is 5.32 Å². The molecule has 0 amide bonds. The van der Waals surface area contributed by atoms with Crippen LogP contribution in [0.25, 0.3) is 0 Å². The Labute approximate surface area is 193 Å². The van der Waals surface area contributed by atoms with Crippen molar-refractivity contribution in [3.05, 3.63) is 64.9 Å². The van der Waals surface area contributed by atoms with Crippen LogP contribution in [0.1, 0.15) is 74.4 Å². The number of nitrogens with one attached hydrogen (secondary N) is 3. The normalized spacial score (nSPS) is 21.8. The van der Waals surface area contributed by atoms with E-state index in [1.54, 1.807) is 0 Å². The van der Waals surface area contributed by atoms with E-state index in [9.17, 15) is 12.8 Å².